The lowest BCUT2D eigenvalue weighted by Crippen LogP contribution is -2.45. The van der Waals surface area contributed by atoms with Gasteiger partial charge in [-0.05, 0) is 31.2 Å². The first-order valence-electron chi connectivity index (χ1n) is 8.59. The first-order chi connectivity index (χ1) is 12.5. The molecule has 1 atom stereocenters. The van der Waals surface area contributed by atoms with Gasteiger partial charge in [-0.1, -0.05) is 0 Å². The average molecular weight is 357 g/mol. The molecule has 0 spiro atoms. The Morgan fingerprint density at radius 1 is 1.31 bits per heavy atom. The molecule has 26 heavy (non-hydrogen) atoms. The number of hydrogen-bond acceptors (Lipinski definition) is 6. The molecule has 1 fully saturated rings. The van der Waals surface area contributed by atoms with Crippen LogP contribution in [-0.4, -0.2) is 41.1 Å². The number of carbonyl (C=O) groups excluding carboxylic acids is 1. The van der Waals surface area contributed by atoms with Gasteiger partial charge in [0, 0.05) is 25.9 Å². The first-order valence-corrected chi connectivity index (χ1v) is 8.59. The second kappa shape index (κ2) is 6.44. The maximum atomic E-state index is 12.9. The van der Waals surface area contributed by atoms with Gasteiger partial charge in [-0.15, -0.1) is 0 Å². The third-order valence-corrected chi connectivity index (χ3v) is 4.87. The topological polar surface area (TPSA) is 79.4 Å². The number of likely N-dealkylation sites (N-methyl/N-ethyl adjacent to an activating group) is 1. The predicted octanol–water partition coefficient (Wildman–Crippen LogP) is 2.41. The summed E-state index contributed by atoms with van der Waals surface area (Å²) in [6.07, 6.45) is 3.36. The molecular formula is C18H20FN5O2. The van der Waals surface area contributed by atoms with Crippen molar-refractivity contribution >= 4 is 23.4 Å². The second-order valence-electron chi connectivity index (χ2n) is 6.71. The molecule has 7 nitrogen and oxygen atoms in total. The van der Waals surface area contributed by atoms with E-state index in [9.17, 15) is 9.18 Å². The third-order valence-electron chi connectivity index (χ3n) is 4.87. The summed E-state index contributed by atoms with van der Waals surface area (Å²) in [4.78, 5) is 22.5. The molecule has 1 aliphatic carbocycles. The summed E-state index contributed by atoms with van der Waals surface area (Å²) in [7, 11) is 1.84. The quantitative estimate of drug-likeness (QED) is 0.875. The maximum absolute atomic E-state index is 12.9. The van der Waals surface area contributed by atoms with E-state index in [1.807, 2.05) is 18.9 Å². The van der Waals surface area contributed by atoms with Crippen LogP contribution in [0.3, 0.4) is 0 Å². The van der Waals surface area contributed by atoms with Crippen molar-refractivity contribution in [2.75, 3.05) is 22.6 Å². The number of amides is 1. The summed E-state index contributed by atoms with van der Waals surface area (Å²) < 4.78 is 18.7. The van der Waals surface area contributed by atoms with Crippen molar-refractivity contribution in [3.8, 4) is 5.75 Å². The Labute approximate surface area is 150 Å². The highest BCUT2D eigenvalue weighted by Gasteiger charge is 2.33. The molecule has 0 bridgehead atoms. The van der Waals surface area contributed by atoms with E-state index < -0.39 is 0 Å². The highest BCUT2D eigenvalue weighted by Crippen LogP contribution is 2.31. The summed E-state index contributed by atoms with van der Waals surface area (Å²) in [5.74, 6) is 1.57. The lowest BCUT2D eigenvalue weighted by atomic mass is 9.89. The molecule has 136 valence electrons. The molecule has 1 amide bonds. The Hall–Kier alpha value is -2.90. The van der Waals surface area contributed by atoms with Gasteiger partial charge >= 0.3 is 0 Å². The molecule has 8 heteroatoms. The Balaban J connectivity index is 1.35. The predicted molar refractivity (Wildman–Crippen MR) is 96.0 cm³/mol. The van der Waals surface area contributed by atoms with Crippen LogP contribution >= 0.6 is 0 Å². The zero-order valence-electron chi connectivity index (χ0n) is 14.6. The molecule has 0 saturated heterocycles. The molecule has 1 aromatic carbocycles. The normalized spacial score (nSPS) is 24.3. The lowest BCUT2D eigenvalue weighted by Gasteiger charge is -2.36. The molecule has 2 heterocycles. The van der Waals surface area contributed by atoms with E-state index in [1.165, 1.54) is 12.1 Å². The minimum absolute atomic E-state index is 0.0657. The minimum atomic E-state index is -0.276. The van der Waals surface area contributed by atoms with E-state index in [2.05, 4.69) is 20.6 Å². The van der Waals surface area contributed by atoms with Crippen LogP contribution in [-0.2, 0) is 4.79 Å². The summed E-state index contributed by atoms with van der Waals surface area (Å²) >= 11 is 0. The summed E-state index contributed by atoms with van der Waals surface area (Å²) in [6, 6.07) is 5.99. The Morgan fingerprint density at radius 2 is 2.04 bits per heavy atom. The van der Waals surface area contributed by atoms with Crippen LogP contribution in [0.2, 0.25) is 0 Å². The van der Waals surface area contributed by atoms with Crippen LogP contribution in [0.25, 0.3) is 0 Å². The van der Waals surface area contributed by atoms with Gasteiger partial charge in [0.25, 0.3) is 0 Å². The smallest absolute Gasteiger partial charge is 0.246 e. The van der Waals surface area contributed by atoms with Crippen molar-refractivity contribution in [1.29, 1.82) is 0 Å². The van der Waals surface area contributed by atoms with Crippen molar-refractivity contribution < 1.29 is 13.9 Å². The van der Waals surface area contributed by atoms with Gasteiger partial charge in [0.1, 0.15) is 29.4 Å². The van der Waals surface area contributed by atoms with Gasteiger partial charge in [-0.25, -0.2) is 9.37 Å². The van der Waals surface area contributed by atoms with Gasteiger partial charge < -0.3 is 20.3 Å². The van der Waals surface area contributed by atoms with Gasteiger partial charge in [-0.3, -0.25) is 4.79 Å². The molecule has 1 saturated carbocycles. The zero-order chi connectivity index (χ0) is 18.3. The summed E-state index contributed by atoms with van der Waals surface area (Å²) in [6.45, 7) is 1.83. The molecule has 0 unspecified atom stereocenters. The Morgan fingerprint density at radius 3 is 2.77 bits per heavy atom. The number of hydrogen-bond donors (Lipinski definition) is 2. The van der Waals surface area contributed by atoms with E-state index >= 15 is 0 Å². The number of nitrogens with zero attached hydrogens (tertiary/aromatic N) is 3. The number of ether oxygens (including phenoxy) is 1. The molecule has 0 radical (unpaired) electrons. The molecular weight excluding hydrogens is 337 g/mol. The van der Waals surface area contributed by atoms with E-state index in [0.717, 1.165) is 12.8 Å². The highest BCUT2D eigenvalue weighted by molar-refractivity contribution is 6.02. The number of carbonyl (C=O) groups is 1. The van der Waals surface area contributed by atoms with Gasteiger partial charge in [0.05, 0.1) is 6.20 Å². The summed E-state index contributed by atoms with van der Waals surface area (Å²) in [5.41, 5.74) is 0.618. The second-order valence-corrected chi connectivity index (χ2v) is 6.71. The molecule has 2 aromatic rings. The first kappa shape index (κ1) is 16.6. The van der Waals surface area contributed by atoms with E-state index in [-0.39, 0.29) is 29.9 Å². The Kier molecular flexibility index (Phi) is 4.10. The van der Waals surface area contributed by atoms with Crippen LogP contribution < -0.4 is 20.3 Å². The van der Waals surface area contributed by atoms with E-state index in [1.54, 1.807) is 18.3 Å². The fourth-order valence-electron chi connectivity index (χ4n) is 3.06. The number of halogens is 1. The molecule has 2 N–H and O–H groups in total. The zero-order valence-corrected chi connectivity index (χ0v) is 14.6. The fourth-order valence-corrected chi connectivity index (χ4v) is 3.06. The van der Waals surface area contributed by atoms with Crippen molar-refractivity contribution in [2.24, 2.45) is 0 Å². The van der Waals surface area contributed by atoms with Gasteiger partial charge in [0.15, 0.2) is 5.82 Å². The van der Waals surface area contributed by atoms with Crippen molar-refractivity contribution in [3.05, 3.63) is 36.3 Å². The SMILES string of the molecule is C[C@H]1C(=O)Nc2cnc(N[C@H]3C[C@@H](Oc4ccc(F)cc4)C3)nc2N1C. The number of rotatable bonds is 4. The van der Waals surface area contributed by atoms with Crippen LogP contribution in [0, 0.1) is 5.82 Å². The van der Waals surface area contributed by atoms with Crippen LogP contribution in [0.1, 0.15) is 19.8 Å². The summed E-state index contributed by atoms with van der Waals surface area (Å²) in [5, 5.41) is 6.11. The third kappa shape index (κ3) is 3.14. The molecule has 2 aliphatic rings. The lowest BCUT2D eigenvalue weighted by molar-refractivity contribution is -0.117. The van der Waals surface area contributed by atoms with Crippen LogP contribution in [0.4, 0.5) is 21.8 Å². The monoisotopic (exact) mass is 357 g/mol. The largest absolute Gasteiger partial charge is 0.490 e. The number of aromatic nitrogens is 2. The highest BCUT2D eigenvalue weighted by atomic mass is 19.1. The van der Waals surface area contributed by atoms with Crippen molar-refractivity contribution in [3.63, 3.8) is 0 Å². The molecule has 4 rings (SSSR count). The Bertz CT molecular complexity index is 823. The van der Waals surface area contributed by atoms with Crippen LogP contribution in [0.15, 0.2) is 30.5 Å². The number of benzene rings is 1. The van der Waals surface area contributed by atoms with Gasteiger partial charge in [0.2, 0.25) is 11.9 Å². The number of nitrogens with one attached hydrogen (secondary N) is 2. The fraction of sp³-hybridized carbons (Fsp3) is 0.389. The number of fused-ring (bicyclic) bond motifs is 1. The van der Waals surface area contributed by atoms with E-state index in [4.69, 9.17) is 4.74 Å². The molecule has 1 aromatic heterocycles. The van der Waals surface area contributed by atoms with Crippen LogP contribution in [0.5, 0.6) is 5.75 Å². The molecule has 1 aliphatic heterocycles. The van der Waals surface area contributed by atoms with Crippen molar-refractivity contribution in [1.82, 2.24) is 9.97 Å². The average Bonchev–Trinajstić information content (AvgIpc) is 2.60. The minimum Gasteiger partial charge on any atom is -0.490 e. The standard InChI is InChI=1S/C18H20FN5O2/c1-10-17(25)22-15-9-20-18(23-16(15)24(10)2)21-12-7-14(8-12)26-13-5-3-11(19)4-6-13/h3-6,9-10,12,14H,7-8H2,1-2H3,(H,22,25)(H,20,21,23)/t10-,12-,14+/m0/s1. The maximum Gasteiger partial charge on any atom is 0.246 e. The van der Waals surface area contributed by atoms with E-state index in [0.29, 0.717) is 23.2 Å². The number of anilines is 3. The van der Waals surface area contributed by atoms with Gasteiger partial charge in [-0.2, -0.15) is 4.98 Å². The van der Waals surface area contributed by atoms with Crippen molar-refractivity contribution in [2.45, 2.75) is 38.0 Å².